The molecule has 0 fully saturated rings. The molecule has 0 atom stereocenters. The lowest BCUT2D eigenvalue weighted by molar-refractivity contribution is -0.123. The zero-order valence-corrected chi connectivity index (χ0v) is 10.8. The molecule has 3 heteroatoms. The zero-order chi connectivity index (χ0) is 11.6. The van der Waals surface area contributed by atoms with Crippen molar-refractivity contribution in [2.24, 2.45) is 5.92 Å². The highest BCUT2D eigenvalue weighted by molar-refractivity contribution is 8.01. The summed E-state index contributed by atoms with van der Waals surface area (Å²) in [5.41, 5.74) is 0. The molecule has 0 bridgehead atoms. The van der Waals surface area contributed by atoms with Crippen LogP contribution in [0, 0.1) is 12.8 Å². The van der Waals surface area contributed by atoms with Crippen molar-refractivity contribution >= 4 is 17.5 Å². The molecule has 84 valence electrons. The molecule has 1 aromatic rings. The molecular weight excluding hydrogens is 208 g/mol. The summed E-state index contributed by atoms with van der Waals surface area (Å²) < 4.78 is 4.83. The zero-order valence-electron chi connectivity index (χ0n) is 9.96. The third-order valence-corrected chi connectivity index (χ3v) is 3.65. The van der Waals surface area contributed by atoms with Gasteiger partial charge in [-0.1, -0.05) is 13.8 Å². The van der Waals surface area contributed by atoms with Gasteiger partial charge in [0.1, 0.15) is 5.76 Å². The van der Waals surface area contributed by atoms with Crippen LogP contribution in [0.3, 0.4) is 0 Å². The van der Waals surface area contributed by atoms with E-state index >= 15 is 0 Å². The predicted molar refractivity (Wildman–Crippen MR) is 63.2 cm³/mol. The molecule has 0 N–H and O–H groups in total. The van der Waals surface area contributed by atoms with Crippen molar-refractivity contribution in [3.05, 3.63) is 18.1 Å². The SMILES string of the molecule is Cc1occc1SC(C)(C)C(=O)C(C)C. The first kappa shape index (κ1) is 12.4. The highest BCUT2D eigenvalue weighted by Crippen LogP contribution is 2.36. The van der Waals surface area contributed by atoms with Gasteiger partial charge < -0.3 is 4.42 Å². The molecule has 0 saturated heterocycles. The summed E-state index contributed by atoms with van der Waals surface area (Å²) in [7, 11) is 0. The molecule has 0 radical (unpaired) electrons. The van der Waals surface area contributed by atoms with Gasteiger partial charge in [0.25, 0.3) is 0 Å². The minimum atomic E-state index is -0.386. The number of Topliss-reactive ketones (excluding diaryl/α,β-unsaturated/α-hetero) is 1. The molecular formula is C12H18O2S. The topological polar surface area (TPSA) is 30.2 Å². The average Bonchev–Trinajstić information content (AvgIpc) is 2.50. The first-order valence-corrected chi connectivity index (χ1v) is 5.93. The number of thioether (sulfide) groups is 1. The third-order valence-electron chi connectivity index (χ3n) is 2.29. The van der Waals surface area contributed by atoms with Gasteiger partial charge in [0.15, 0.2) is 5.78 Å². The van der Waals surface area contributed by atoms with Gasteiger partial charge in [-0.3, -0.25) is 4.79 Å². The molecule has 0 amide bonds. The van der Waals surface area contributed by atoms with Crippen LogP contribution in [-0.2, 0) is 4.79 Å². The van der Waals surface area contributed by atoms with E-state index in [-0.39, 0.29) is 16.4 Å². The molecule has 0 aliphatic heterocycles. The Morgan fingerprint density at radius 1 is 1.47 bits per heavy atom. The third kappa shape index (κ3) is 2.88. The lowest BCUT2D eigenvalue weighted by atomic mass is 9.98. The van der Waals surface area contributed by atoms with Crippen LogP contribution in [0.4, 0.5) is 0 Å². The minimum Gasteiger partial charge on any atom is -0.468 e. The molecule has 0 aliphatic carbocycles. The summed E-state index contributed by atoms with van der Waals surface area (Å²) in [5.74, 6) is 1.22. The Morgan fingerprint density at radius 3 is 2.47 bits per heavy atom. The summed E-state index contributed by atoms with van der Waals surface area (Å²) in [5, 5.41) is 0. The van der Waals surface area contributed by atoms with Crippen LogP contribution in [0.2, 0.25) is 0 Å². The van der Waals surface area contributed by atoms with Crippen LogP contribution in [0.1, 0.15) is 33.5 Å². The lowest BCUT2D eigenvalue weighted by Gasteiger charge is -2.24. The average molecular weight is 226 g/mol. The van der Waals surface area contributed by atoms with Gasteiger partial charge in [0.2, 0.25) is 0 Å². The number of ketones is 1. The molecule has 0 aromatic carbocycles. The van der Waals surface area contributed by atoms with Crippen molar-refractivity contribution in [2.45, 2.75) is 44.3 Å². The Labute approximate surface area is 95.4 Å². The summed E-state index contributed by atoms with van der Waals surface area (Å²) in [6.07, 6.45) is 1.66. The van der Waals surface area contributed by atoms with Gasteiger partial charge in [-0.2, -0.15) is 0 Å². The molecule has 1 rings (SSSR count). The number of hydrogen-bond acceptors (Lipinski definition) is 3. The van der Waals surface area contributed by atoms with Gasteiger partial charge in [0, 0.05) is 10.8 Å². The fourth-order valence-corrected chi connectivity index (χ4v) is 2.70. The van der Waals surface area contributed by atoms with Gasteiger partial charge >= 0.3 is 0 Å². The Kier molecular flexibility index (Phi) is 3.66. The molecule has 0 spiro atoms. The molecule has 1 aromatic heterocycles. The van der Waals surface area contributed by atoms with E-state index in [4.69, 9.17) is 4.42 Å². The molecule has 0 aliphatic rings. The van der Waals surface area contributed by atoms with E-state index in [1.54, 1.807) is 18.0 Å². The van der Waals surface area contributed by atoms with Crippen LogP contribution in [0.5, 0.6) is 0 Å². The van der Waals surface area contributed by atoms with E-state index in [9.17, 15) is 4.79 Å². The van der Waals surface area contributed by atoms with E-state index in [1.165, 1.54) is 0 Å². The Balaban J connectivity index is 2.81. The van der Waals surface area contributed by atoms with Crippen molar-refractivity contribution in [2.75, 3.05) is 0 Å². The maximum atomic E-state index is 12.0. The van der Waals surface area contributed by atoms with Gasteiger partial charge in [-0.15, -0.1) is 11.8 Å². The Morgan fingerprint density at radius 2 is 2.07 bits per heavy atom. The number of rotatable bonds is 4. The lowest BCUT2D eigenvalue weighted by Crippen LogP contribution is -2.31. The molecule has 15 heavy (non-hydrogen) atoms. The van der Waals surface area contributed by atoms with E-state index in [0.717, 1.165) is 10.7 Å². The van der Waals surface area contributed by atoms with E-state index in [0.29, 0.717) is 0 Å². The highest BCUT2D eigenvalue weighted by Gasteiger charge is 2.31. The Hall–Kier alpha value is -0.700. The predicted octanol–water partition coefficient (Wildman–Crippen LogP) is 3.68. The normalized spacial score (nSPS) is 12.1. The first-order chi connectivity index (χ1) is 6.84. The van der Waals surface area contributed by atoms with Crippen LogP contribution in [0.15, 0.2) is 21.6 Å². The molecule has 0 saturated carbocycles. The van der Waals surface area contributed by atoms with Crippen molar-refractivity contribution < 1.29 is 9.21 Å². The minimum absolute atomic E-state index is 0.0692. The summed E-state index contributed by atoms with van der Waals surface area (Å²) >= 11 is 1.57. The van der Waals surface area contributed by atoms with E-state index < -0.39 is 0 Å². The quantitative estimate of drug-likeness (QED) is 0.733. The second-order valence-electron chi connectivity index (χ2n) is 4.47. The fourth-order valence-electron chi connectivity index (χ4n) is 1.50. The van der Waals surface area contributed by atoms with Crippen LogP contribution >= 0.6 is 11.8 Å². The standard InChI is InChI=1S/C12H18O2S/c1-8(2)11(13)12(4,5)15-10-6-7-14-9(10)3/h6-8H,1-5H3. The monoisotopic (exact) mass is 226 g/mol. The smallest absolute Gasteiger partial charge is 0.151 e. The highest BCUT2D eigenvalue weighted by atomic mass is 32.2. The van der Waals surface area contributed by atoms with Crippen molar-refractivity contribution in [1.82, 2.24) is 0 Å². The Bertz CT molecular complexity index is 350. The number of furan rings is 1. The van der Waals surface area contributed by atoms with Crippen molar-refractivity contribution in [3.63, 3.8) is 0 Å². The maximum absolute atomic E-state index is 12.0. The second-order valence-corrected chi connectivity index (χ2v) is 6.14. The van der Waals surface area contributed by atoms with E-state index in [1.807, 2.05) is 40.7 Å². The number of aryl methyl sites for hydroxylation is 1. The number of carbonyl (C=O) groups excluding carboxylic acids is 1. The molecule has 1 heterocycles. The number of hydrogen-bond donors (Lipinski definition) is 0. The largest absolute Gasteiger partial charge is 0.468 e. The number of carbonyl (C=O) groups is 1. The van der Waals surface area contributed by atoms with Crippen molar-refractivity contribution in [3.8, 4) is 0 Å². The van der Waals surface area contributed by atoms with Crippen LogP contribution in [0.25, 0.3) is 0 Å². The van der Waals surface area contributed by atoms with Gasteiger partial charge in [0.05, 0.1) is 11.0 Å². The second kappa shape index (κ2) is 4.44. The summed E-state index contributed by atoms with van der Waals surface area (Å²) in [6, 6.07) is 1.91. The van der Waals surface area contributed by atoms with Crippen LogP contribution in [-0.4, -0.2) is 10.5 Å². The fraction of sp³-hybridized carbons (Fsp3) is 0.583. The molecule has 2 nitrogen and oxygen atoms in total. The summed E-state index contributed by atoms with van der Waals surface area (Å²) in [4.78, 5) is 13.0. The van der Waals surface area contributed by atoms with E-state index in [2.05, 4.69) is 0 Å². The first-order valence-electron chi connectivity index (χ1n) is 5.12. The van der Waals surface area contributed by atoms with Crippen molar-refractivity contribution in [1.29, 1.82) is 0 Å². The maximum Gasteiger partial charge on any atom is 0.151 e. The van der Waals surface area contributed by atoms with Crippen LogP contribution < -0.4 is 0 Å². The summed E-state index contributed by atoms with van der Waals surface area (Å²) in [6.45, 7) is 9.72. The molecule has 0 unspecified atom stereocenters. The van der Waals surface area contributed by atoms with Gasteiger partial charge in [-0.05, 0) is 26.8 Å². The van der Waals surface area contributed by atoms with Gasteiger partial charge in [-0.25, -0.2) is 0 Å².